The van der Waals surface area contributed by atoms with Crippen LogP contribution in [-0.2, 0) is 15.6 Å². The zero-order valence-corrected chi connectivity index (χ0v) is 18.2. The van der Waals surface area contributed by atoms with Crippen molar-refractivity contribution in [3.63, 3.8) is 0 Å². The van der Waals surface area contributed by atoms with E-state index in [9.17, 15) is 14.7 Å². The van der Waals surface area contributed by atoms with E-state index in [0.717, 1.165) is 37.8 Å². The Morgan fingerprint density at radius 1 is 1.17 bits per heavy atom. The Labute approximate surface area is 175 Å². The maximum absolute atomic E-state index is 13.3. The van der Waals surface area contributed by atoms with Crippen LogP contribution in [0.4, 0.5) is 10.9 Å². The second-order valence-corrected chi connectivity index (χ2v) is 10.5. The molecular formula is C22H28N3O3S+. The van der Waals surface area contributed by atoms with Crippen LogP contribution in [0.25, 0.3) is 0 Å². The quantitative estimate of drug-likeness (QED) is 0.800. The van der Waals surface area contributed by atoms with Gasteiger partial charge in [0.25, 0.3) is 10.9 Å². The summed E-state index contributed by atoms with van der Waals surface area (Å²) in [5.41, 5.74) is 1.25. The third-order valence-electron chi connectivity index (χ3n) is 6.40. The maximum atomic E-state index is 13.3. The molecule has 0 unspecified atom stereocenters. The van der Waals surface area contributed by atoms with E-state index in [-0.39, 0.29) is 28.2 Å². The SMILES string of the molecule is CC1(C)CCC(C)(C)c2sc(N(C(=O)C3CCC3)c3ccc(C(=O)O)c[nH+]3)nc21. The Morgan fingerprint density at radius 3 is 2.38 bits per heavy atom. The number of carboxylic acid groups (broad SMARTS) is 1. The first-order valence-electron chi connectivity index (χ1n) is 10.2. The number of carbonyl (C=O) groups is 2. The van der Waals surface area contributed by atoms with Crippen LogP contribution in [0.3, 0.4) is 0 Å². The number of nitrogens with zero attached hydrogens (tertiary/aromatic N) is 2. The fourth-order valence-corrected chi connectivity index (χ4v) is 5.42. The topological polar surface area (TPSA) is 84.6 Å². The molecular weight excluding hydrogens is 386 g/mol. The first kappa shape index (κ1) is 20.0. The van der Waals surface area contributed by atoms with E-state index < -0.39 is 5.97 Å². The summed E-state index contributed by atoms with van der Waals surface area (Å²) in [6.07, 6.45) is 6.44. The average Bonchev–Trinajstić information content (AvgIpc) is 3.06. The molecule has 0 aromatic carbocycles. The molecule has 2 aromatic rings. The second kappa shape index (κ2) is 6.90. The summed E-state index contributed by atoms with van der Waals surface area (Å²) >= 11 is 1.60. The molecule has 29 heavy (non-hydrogen) atoms. The third-order valence-corrected chi connectivity index (χ3v) is 7.80. The molecule has 1 fully saturated rings. The lowest BCUT2D eigenvalue weighted by Crippen LogP contribution is -2.38. The standard InChI is InChI=1S/C22H27N3O3S/c1-21(2)10-11-22(3,4)17-16(21)24-20(29-17)25(18(26)13-6-5-7-13)15-9-8-14(12-23-15)19(27)28/h8-9,12-13H,5-7,10-11H2,1-4H3,(H,27,28)/p+1. The summed E-state index contributed by atoms with van der Waals surface area (Å²) in [7, 11) is 0. The number of hydrogen-bond donors (Lipinski definition) is 1. The van der Waals surface area contributed by atoms with Gasteiger partial charge in [-0.25, -0.2) is 19.6 Å². The van der Waals surface area contributed by atoms with Crippen molar-refractivity contribution in [3.05, 3.63) is 34.5 Å². The Kier molecular flexibility index (Phi) is 4.76. The van der Waals surface area contributed by atoms with E-state index in [1.54, 1.807) is 22.3 Å². The summed E-state index contributed by atoms with van der Waals surface area (Å²) in [4.78, 5) is 35.5. The number of pyridine rings is 1. The number of aromatic amines is 1. The lowest BCUT2D eigenvalue weighted by atomic mass is 9.69. The predicted octanol–water partition coefficient (Wildman–Crippen LogP) is 4.47. The number of H-pyrrole nitrogens is 1. The van der Waals surface area contributed by atoms with Crippen LogP contribution < -0.4 is 9.88 Å². The molecule has 1 saturated carbocycles. The predicted molar refractivity (Wildman–Crippen MR) is 112 cm³/mol. The number of hydrogen-bond acceptors (Lipinski definition) is 4. The van der Waals surface area contributed by atoms with Crippen LogP contribution in [-0.4, -0.2) is 22.0 Å². The molecule has 0 spiro atoms. The summed E-state index contributed by atoms with van der Waals surface area (Å²) in [6, 6.07) is 3.19. The molecule has 7 heteroatoms. The van der Waals surface area contributed by atoms with Gasteiger partial charge in [0.2, 0.25) is 0 Å². The van der Waals surface area contributed by atoms with Gasteiger partial charge in [0, 0.05) is 21.8 Å². The fourth-order valence-electron chi connectivity index (χ4n) is 4.02. The zero-order valence-electron chi connectivity index (χ0n) is 17.4. The largest absolute Gasteiger partial charge is 0.478 e. The van der Waals surface area contributed by atoms with E-state index in [4.69, 9.17) is 4.98 Å². The minimum Gasteiger partial charge on any atom is -0.478 e. The average molecular weight is 415 g/mol. The minimum atomic E-state index is -1.00. The van der Waals surface area contributed by atoms with Gasteiger partial charge in [-0.15, -0.1) is 4.90 Å². The van der Waals surface area contributed by atoms with Crippen molar-refractivity contribution in [1.82, 2.24) is 4.98 Å². The molecule has 2 aromatic heterocycles. The third kappa shape index (κ3) is 3.45. The normalized spacial score (nSPS) is 19.9. The van der Waals surface area contributed by atoms with Gasteiger partial charge in [-0.05, 0) is 31.7 Å². The number of fused-ring (bicyclic) bond motifs is 1. The van der Waals surface area contributed by atoms with Gasteiger partial charge in [0.05, 0.1) is 17.2 Å². The molecule has 2 aliphatic rings. The Hall–Kier alpha value is -2.28. The van der Waals surface area contributed by atoms with Crippen molar-refractivity contribution in [2.45, 2.75) is 70.6 Å². The summed E-state index contributed by atoms with van der Waals surface area (Å²) in [5.74, 6) is -0.395. The molecule has 2 N–H and O–H groups in total. The molecule has 0 atom stereocenters. The van der Waals surface area contributed by atoms with Crippen LogP contribution in [0.2, 0.25) is 0 Å². The fraction of sp³-hybridized carbons (Fsp3) is 0.545. The molecule has 1 amide bonds. The number of thiazole rings is 1. The molecule has 0 saturated heterocycles. The van der Waals surface area contributed by atoms with Gasteiger partial charge in [-0.3, -0.25) is 0 Å². The smallest absolute Gasteiger partial charge is 0.339 e. The number of amides is 1. The van der Waals surface area contributed by atoms with Crippen LogP contribution in [0.15, 0.2) is 18.3 Å². The van der Waals surface area contributed by atoms with Crippen molar-refractivity contribution in [2.75, 3.05) is 4.90 Å². The lowest BCUT2D eigenvalue weighted by Gasteiger charge is -2.37. The van der Waals surface area contributed by atoms with Crippen molar-refractivity contribution in [3.8, 4) is 0 Å². The lowest BCUT2D eigenvalue weighted by molar-refractivity contribution is -0.363. The molecule has 0 radical (unpaired) electrons. The number of carbonyl (C=O) groups excluding carboxylic acids is 1. The Bertz CT molecular complexity index is 925. The van der Waals surface area contributed by atoms with E-state index in [1.165, 1.54) is 17.1 Å². The highest BCUT2D eigenvalue weighted by Gasteiger charge is 2.45. The molecule has 2 heterocycles. The summed E-state index contributed by atoms with van der Waals surface area (Å²) in [5, 5.41) is 9.87. The molecule has 0 bridgehead atoms. The van der Waals surface area contributed by atoms with E-state index in [2.05, 4.69) is 32.7 Å². The van der Waals surface area contributed by atoms with Gasteiger partial charge in [-0.1, -0.05) is 45.5 Å². The Morgan fingerprint density at radius 2 is 1.86 bits per heavy atom. The van der Waals surface area contributed by atoms with Crippen LogP contribution in [0, 0.1) is 5.92 Å². The first-order valence-corrected chi connectivity index (χ1v) is 11.0. The monoisotopic (exact) mass is 414 g/mol. The van der Waals surface area contributed by atoms with Gasteiger partial charge in [-0.2, -0.15) is 0 Å². The summed E-state index contributed by atoms with van der Waals surface area (Å²) < 4.78 is 0. The number of nitrogens with one attached hydrogen (secondary N) is 1. The Balaban J connectivity index is 1.81. The van der Waals surface area contributed by atoms with Gasteiger partial charge in [0.1, 0.15) is 6.20 Å². The van der Waals surface area contributed by atoms with Crippen LogP contribution >= 0.6 is 11.3 Å². The van der Waals surface area contributed by atoms with Gasteiger partial charge in [0.15, 0.2) is 0 Å². The molecule has 154 valence electrons. The number of anilines is 2. The van der Waals surface area contributed by atoms with E-state index >= 15 is 0 Å². The van der Waals surface area contributed by atoms with Crippen molar-refractivity contribution in [2.24, 2.45) is 5.92 Å². The number of rotatable bonds is 4. The van der Waals surface area contributed by atoms with Crippen molar-refractivity contribution < 1.29 is 19.7 Å². The summed E-state index contributed by atoms with van der Waals surface area (Å²) in [6.45, 7) is 8.93. The minimum absolute atomic E-state index is 0.00417. The van der Waals surface area contributed by atoms with Crippen molar-refractivity contribution >= 4 is 34.2 Å². The highest BCUT2D eigenvalue weighted by Crippen LogP contribution is 2.50. The highest BCUT2D eigenvalue weighted by atomic mass is 32.1. The second-order valence-electron chi connectivity index (χ2n) is 9.51. The maximum Gasteiger partial charge on any atom is 0.339 e. The number of carboxylic acids is 1. The van der Waals surface area contributed by atoms with Crippen LogP contribution in [0.1, 0.15) is 80.7 Å². The van der Waals surface area contributed by atoms with Crippen LogP contribution in [0.5, 0.6) is 0 Å². The van der Waals surface area contributed by atoms with E-state index in [0.29, 0.717) is 10.9 Å². The zero-order chi connectivity index (χ0) is 21.0. The highest BCUT2D eigenvalue weighted by molar-refractivity contribution is 7.16. The molecule has 2 aliphatic carbocycles. The van der Waals surface area contributed by atoms with Gasteiger partial charge >= 0.3 is 11.9 Å². The first-order chi connectivity index (χ1) is 13.6. The number of aromatic nitrogens is 2. The van der Waals surface area contributed by atoms with E-state index in [1.807, 2.05) is 0 Å². The van der Waals surface area contributed by atoms with Gasteiger partial charge < -0.3 is 5.11 Å². The molecule has 6 nitrogen and oxygen atoms in total. The molecule has 4 rings (SSSR count). The molecule has 0 aliphatic heterocycles. The van der Waals surface area contributed by atoms with Crippen molar-refractivity contribution in [1.29, 1.82) is 0 Å². The number of aromatic carboxylic acids is 1.